The number of hydrogen-bond donors (Lipinski definition) is 2. The molecule has 1 heterocycles. The van der Waals surface area contributed by atoms with Gasteiger partial charge in [0.15, 0.2) is 5.71 Å². The summed E-state index contributed by atoms with van der Waals surface area (Å²) in [7, 11) is 0. The predicted octanol–water partition coefficient (Wildman–Crippen LogP) is 1.84. The van der Waals surface area contributed by atoms with Crippen molar-refractivity contribution in [2.24, 2.45) is 5.10 Å². The molecule has 2 N–H and O–H groups in total. The van der Waals surface area contributed by atoms with Crippen LogP contribution < -0.4 is 10.7 Å². The second kappa shape index (κ2) is 5.77. The highest BCUT2D eigenvalue weighted by atomic mass is 19.1. The number of rotatable bonds is 3. The highest BCUT2D eigenvalue weighted by molar-refractivity contribution is 6.53. The fourth-order valence-corrected chi connectivity index (χ4v) is 2.16. The van der Waals surface area contributed by atoms with Crippen molar-refractivity contribution in [3.8, 4) is 0 Å². The van der Waals surface area contributed by atoms with Crippen LogP contribution in [0.5, 0.6) is 0 Å². The summed E-state index contributed by atoms with van der Waals surface area (Å²) in [6.45, 7) is 0. The number of amides is 2. The Morgan fingerprint density at radius 2 is 1.86 bits per heavy atom. The molecule has 0 aliphatic carbocycles. The van der Waals surface area contributed by atoms with Crippen LogP contribution in [0.2, 0.25) is 0 Å². The van der Waals surface area contributed by atoms with Crippen molar-refractivity contribution in [1.29, 1.82) is 0 Å². The Balaban J connectivity index is 1.70. The molecule has 3 rings (SSSR count). The second-order valence-corrected chi connectivity index (χ2v) is 4.80. The molecule has 2 aromatic rings. The van der Waals surface area contributed by atoms with Gasteiger partial charge in [-0.15, -0.1) is 0 Å². The van der Waals surface area contributed by atoms with Crippen molar-refractivity contribution >= 4 is 23.2 Å². The van der Waals surface area contributed by atoms with E-state index in [0.717, 1.165) is 0 Å². The van der Waals surface area contributed by atoms with Gasteiger partial charge in [0.05, 0.1) is 12.1 Å². The summed E-state index contributed by atoms with van der Waals surface area (Å²) in [5, 5.41) is 6.55. The van der Waals surface area contributed by atoms with E-state index in [0.29, 0.717) is 16.8 Å². The third-order valence-electron chi connectivity index (χ3n) is 3.22. The van der Waals surface area contributed by atoms with Gasteiger partial charge in [0, 0.05) is 5.56 Å². The number of para-hydroxylation sites is 1. The van der Waals surface area contributed by atoms with Crippen LogP contribution in [0.4, 0.5) is 10.1 Å². The molecule has 0 spiro atoms. The summed E-state index contributed by atoms with van der Waals surface area (Å²) in [6, 6.07) is 12.7. The van der Waals surface area contributed by atoms with Gasteiger partial charge in [0.2, 0.25) is 5.91 Å². The molecule has 1 aliphatic rings. The highest BCUT2D eigenvalue weighted by Crippen LogP contribution is 2.22. The molecule has 5 nitrogen and oxygen atoms in total. The minimum atomic E-state index is -0.378. The van der Waals surface area contributed by atoms with E-state index in [1.807, 2.05) is 0 Å². The fraction of sp³-hybridized carbons (Fsp3) is 0.0625. The zero-order valence-electron chi connectivity index (χ0n) is 11.5. The summed E-state index contributed by atoms with van der Waals surface area (Å²) < 4.78 is 12.8. The van der Waals surface area contributed by atoms with Crippen LogP contribution in [0.15, 0.2) is 53.6 Å². The van der Waals surface area contributed by atoms with Gasteiger partial charge in [-0.1, -0.05) is 30.3 Å². The Bertz CT molecular complexity index is 769. The summed E-state index contributed by atoms with van der Waals surface area (Å²) in [4.78, 5) is 23.6. The summed E-state index contributed by atoms with van der Waals surface area (Å²) >= 11 is 0. The summed E-state index contributed by atoms with van der Waals surface area (Å²) in [6.07, 6.45) is 0.0559. The van der Waals surface area contributed by atoms with E-state index in [1.165, 1.54) is 24.3 Å². The lowest BCUT2D eigenvalue weighted by atomic mass is 10.1. The molecule has 0 atom stereocenters. The molecule has 0 aromatic heterocycles. The van der Waals surface area contributed by atoms with Gasteiger partial charge in [0.1, 0.15) is 5.82 Å². The molecule has 0 bridgehead atoms. The fourth-order valence-electron chi connectivity index (χ4n) is 2.16. The molecule has 0 saturated carbocycles. The van der Waals surface area contributed by atoms with Crippen molar-refractivity contribution in [3.63, 3.8) is 0 Å². The Morgan fingerprint density at radius 1 is 1.14 bits per heavy atom. The number of halogens is 1. The summed E-state index contributed by atoms with van der Waals surface area (Å²) in [5.41, 5.74) is 4.50. The second-order valence-electron chi connectivity index (χ2n) is 4.80. The zero-order chi connectivity index (χ0) is 15.5. The molecule has 0 saturated heterocycles. The number of fused-ring (bicyclic) bond motifs is 1. The van der Waals surface area contributed by atoms with E-state index in [4.69, 9.17) is 0 Å². The van der Waals surface area contributed by atoms with Gasteiger partial charge in [-0.2, -0.15) is 5.10 Å². The van der Waals surface area contributed by atoms with Crippen LogP contribution in [0.25, 0.3) is 0 Å². The number of benzene rings is 2. The van der Waals surface area contributed by atoms with E-state index in [-0.39, 0.29) is 29.8 Å². The normalized spacial score (nSPS) is 14.6. The molecule has 1 aliphatic heterocycles. The quantitative estimate of drug-likeness (QED) is 0.849. The molecule has 22 heavy (non-hydrogen) atoms. The number of anilines is 1. The number of hydrogen-bond acceptors (Lipinski definition) is 3. The monoisotopic (exact) mass is 297 g/mol. The molecule has 0 unspecified atom stereocenters. The van der Waals surface area contributed by atoms with E-state index < -0.39 is 0 Å². The maximum atomic E-state index is 12.8. The average Bonchev–Trinajstić information content (AvgIpc) is 2.83. The molecule has 2 aromatic carbocycles. The lowest BCUT2D eigenvalue weighted by Crippen LogP contribution is -2.24. The molecule has 0 radical (unpaired) electrons. The topological polar surface area (TPSA) is 70.6 Å². The maximum absolute atomic E-state index is 12.8. The van der Waals surface area contributed by atoms with Gasteiger partial charge in [0.25, 0.3) is 5.91 Å². The number of carbonyl (C=O) groups excluding carboxylic acids is 2. The van der Waals surface area contributed by atoms with Crippen LogP contribution in [-0.2, 0) is 16.0 Å². The van der Waals surface area contributed by atoms with Crippen LogP contribution in [0, 0.1) is 5.82 Å². The van der Waals surface area contributed by atoms with Crippen LogP contribution >= 0.6 is 0 Å². The van der Waals surface area contributed by atoms with E-state index in [9.17, 15) is 14.0 Å². The predicted molar refractivity (Wildman–Crippen MR) is 79.9 cm³/mol. The number of nitrogens with one attached hydrogen (secondary N) is 2. The van der Waals surface area contributed by atoms with Crippen molar-refractivity contribution in [2.45, 2.75) is 6.42 Å². The van der Waals surface area contributed by atoms with Gasteiger partial charge in [-0.05, 0) is 23.8 Å². The largest absolute Gasteiger partial charge is 0.320 e. The summed E-state index contributed by atoms with van der Waals surface area (Å²) in [5.74, 6) is -1.09. The average molecular weight is 297 g/mol. The van der Waals surface area contributed by atoms with Crippen molar-refractivity contribution in [3.05, 3.63) is 65.5 Å². The zero-order valence-corrected chi connectivity index (χ0v) is 11.5. The first-order chi connectivity index (χ1) is 10.6. The van der Waals surface area contributed by atoms with Crippen molar-refractivity contribution in [1.82, 2.24) is 5.43 Å². The number of hydrazone groups is 1. The Morgan fingerprint density at radius 3 is 2.64 bits per heavy atom. The molecule has 110 valence electrons. The van der Waals surface area contributed by atoms with Gasteiger partial charge >= 0.3 is 0 Å². The van der Waals surface area contributed by atoms with Crippen LogP contribution in [0.3, 0.4) is 0 Å². The Labute approximate surface area is 125 Å². The first-order valence-corrected chi connectivity index (χ1v) is 6.65. The molecule has 2 amide bonds. The van der Waals surface area contributed by atoms with Crippen molar-refractivity contribution in [2.75, 3.05) is 5.32 Å². The van der Waals surface area contributed by atoms with Gasteiger partial charge in [-0.25, -0.2) is 9.82 Å². The molecule has 6 heteroatoms. The highest BCUT2D eigenvalue weighted by Gasteiger charge is 2.25. The SMILES string of the molecule is O=C(Cc1ccc(F)cc1)N/N=C1/C(=O)Nc2ccccc21. The third kappa shape index (κ3) is 2.85. The Kier molecular flexibility index (Phi) is 3.65. The molecule has 0 fully saturated rings. The van der Waals surface area contributed by atoms with Gasteiger partial charge in [-0.3, -0.25) is 9.59 Å². The smallest absolute Gasteiger partial charge is 0.276 e. The minimum absolute atomic E-state index is 0.0559. The van der Waals surface area contributed by atoms with Crippen LogP contribution in [0.1, 0.15) is 11.1 Å². The van der Waals surface area contributed by atoms with E-state index in [2.05, 4.69) is 15.8 Å². The lowest BCUT2D eigenvalue weighted by Gasteiger charge is -2.01. The standard InChI is InChI=1S/C16H12FN3O2/c17-11-7-5-10(6-8-11)9-14(21)19-20-15-12-3-1-2-4-13(12)18-16(15)22/h1-8H,9H2,(H,19,21)(H,18,20,22). The van der Waals surface area contributed by atoms with E-state index >= 15 is 0 Å². The van der Waals surface area contributed by atoms with Gasteiger partial charge < -0.3 is 5.32 Å². The molecular weight excluding hydrogens is 285 g/mol. The number of carbonyl (C=O) groups is 2. The van der Waals surface area contributed by atoms with Crippen LogP contribution in [-0.4, -0.2) is 17.5 Å². The first-order valence-electron chi connectivity index (χ1n) is 6.65. The third-order valence-corrected chi connectivity index (χ3v) is 3.22. The first kappa shape index (κ1) is 13.9. The minimum Gasteiger partial charge on any atom is -0.320 e. The lowest BCUT2D eigenvalue weighted by molar-refractivity contribution is -0.120. The molecular formula is C16H12FN3O2. The maximum Gasteiger partial charge on any atom is 0.276 e. The van der Waals surface area contributed by atoms with E-state index in [1.54, 1.807) is 24.3 Å². The van der Waals surface area contributed by atoms with Crippen molar-refractivity contribution < 1.29 is 14.0 Å². The Hall–Kier alpha value is -3.02. The number of nitrogens with zero attached hydrogens (tertiary/aromatic N) is 1.